The fourth-order valence-electron chi connectivity index (χ4n) is 1.88. The van der Waals surface area contributed by atoms with E-state index >= 15 is 0 Å². The zero-order valence-electron chi connectivity index (χ0n) is 9.52. The van der Waals surface area contributed by atoms with E-state index < -0.39 is 23.4 Å². The van der Waals surface area contributed by atoms with Crippen LogP contribution in [0.5, 0.6) is 0 Å². The molecule has 1 aromatic rings. The zero-order chi connectivity index (χ0) is 13.1. The van der Waals surface area contributed by atoms with Crippen LogP contribution in [-0.4, -0.2) is 40.2 Å². The topological polar surface area (TPSA) is 105 Å². The number of ether oxygens (including phenoxy) is 1. The smallest absolute Gasteiger partial charge is 0.271 e. The van der Waals surface area contributed by atoms with E-state index in [0.29, 0.717) is 12.1 Å². The van der Waals surface area contributed by atoms with Crippen molar-refractivity contribution in [2.75, 3.05) is 11.9 Å². The third-order valence-electron chi connectivity index (χ3n) is 2.79. The van der Waals surface area contributed by atoms with Gasteiger partial charge in [0, 0.05) is 24.2 Å². The summed E-state index contributed by atoms with van der Waals surface area (Å²) in [6, 6.07) is 6.03. The summed E-state index contributed by atoms with van der Waals surface area (Å²) < 4.78 is 5.35. The highest BCUT2D eigenvalue weighted by Crippen LogP contribution is 2.24. The van der Waals surface area contributed by atoms with Crippen molar-refractivity contribution in [3.63, 3.8) is 0 Å². The Morgan fingerprint density at radius 1 is 1.56 bits per heavy atom. The number of anilines is 1. The summed E-state index contributed by atoms with van der Waals surface area (Å²) in [6.07, 6.45) is -1.47. The molecule has 0 aromatic heterocycles. The van der Waals surface area contributed by atoms with Gasteiger partial charge in [-0.3, -0.25) is 10.1 Å². The predicted molar refractivity (Wildman–Crippen MR) is 63.1 cm³/mol. The van der Waals surface area contributed by atoms with Gasteiger partial charge in [0.2, 0.25) is 0 Å². The largest absolute Gasteiger partial charge is 0.394 e. The van der Waals surface area contributed by atoms with Crippen LogP contribution in [0, 0.1) is 10.1 Å². The van der Waals surface area contributed by atoms with E-state index in [-0.39, 0.29) is 12.3 Å². The van der Waals surface area contributed by atoms with Crippen LogP contribution in [0.4, 0.5) is 11.4 Å². The second kappa shape index (κ2) is 5.30. The summed E-state index contributed by atoms with van der Waals surface area (Å²) in [5.41, 5.74) is 0.525. The second-order valence-electron chi connectivity index (χ2n) is 4.10. The number of aliphatic hydroxyl groups is 2. The first-order valence-corrected chi connectivity index (χ1v) is 5.55. The number of nitro benzene ring substituents is 1. The molecule has 7 nitrogen and oxygen atoms in total. The van der Waals surface area contributed by atoms with Crippen LogP contribution in [0.2, 0.25) is 0 Å². The number of non-ortho nitro benzene ring substituents is 1. The van der Waals surface area contributed by atoms with Gasteiger partial charge in [-0.25, -0.2) is 0 Å². The molecule has 18 heavy (non-hydrogen) atoms. The molecule has 0 bridgehead atoms. The van der Waals surface area contributed by atoms with Crippen molar-refractivity contribution >= 4 is 11.4 Å². The maximum Gasteiger partial charge on any atom is 0.271 e. The van der Waals surface area contributed by atoms with Gasteiger partial charge in [0.05, 0.1) is 17.6 Å². The van der Waals surface area contributed by atoms with E-state index in [1.807, 2.05) is 0 Å². The number of hydrogen-bond donors (Lipinski definition) is 3. The number of nitrogens with zero attached hydrogens (tertiary/aromatic N) is 1. The van der Waals surface area contributed by atoms with E-state index in [1.165, 1.54) is 12.1 Å². The van der Waals surface area contributed by atoms with Crippen molar-refractivity contribution in [2.24, 2.45) is 0 Å². The average Bonchev–Trinajstić information content (AvgIpc) is 2.69. The number of rotatable bonds is 4. The highest BCUT2D eigenvalue weighted by Gasteiger charge is 2.33. The van der Waals surface area contributed by atoms with Crippen LogP contribution in [0.15, 0.2) is 24.3 Å². The van der Waals surface area contributed by atoms with Crippen molar-refractivity contribution in [1.82, 2.24) is 0 Å². The van der Waals surface area contributed by atoms with Crippen LogP contribution >= 0.6 is 0 Å². The minimum absolute atomic E-state index is 0.0164. The Bertz CT molecular complexity index is 439. The van der Waals surface area contributed by atoms with Crippen LogP contribution in [-0.2, 0) is 4.74 Å². The van der Waals surface area contributed by atoms with Crippen LogP contribution in [0.1, 0.15) is 6.42 Å². The van der Waals surface area contributed by atoms with Gasteiger partial charge in [0.25, 0.3) is 5.69 Å². The molecular formula is C11H14N2O5. The fraction of sp³-hybridized carbons (Fsp3) is 0.455. The molecule has 0 saturated carbocycles. The number of aliphatic hydroxyl groups excluding tert-OH is 2. The summed E-state index contributed by atoms with van der Waals surface area (Å²) >= 11 is 0. The molecule has 7 heteroatoms. The van der Waals surface area contributed by atoms with Crippen molar-refractivity contribution in [3.8, 4) is 0 Å². The van der Waals surface area contributed by atoms with Gasteiger partial charge >= 0.3 is 0 Å². The molecule has 0 amide bonds. The highest BCUT2D eigenvalue weighted by molar-refractivity contribution is 5.51. The third-order valence-corrected chi connectivity index (χ3v) is 2.79. The summed E-state index contributed by atoms with van der Waals surface area (Å²) in [5, 5.41) is 32.0. The lowest BCUT2D eigenvalue weighted by Gasteiger charge is -2.14. The summed E-state index contributed by atoms with van der Waals surface area (Å²) in [5.74, 6) is 0. The normalized spacial score (nSPS) is 27.1. The molecule has 3 N–H and O–H groups in total. The molecule has 0 spiro atoms. The SMILES string of the molecule is O=[N+]([O-])c1cccc(N[C@H]2C[C@@H](O)[C@H](CO)O2)c1. The predicted octanol–water partition coefficient (Wildman–Crippen LogP) is 0.475. The molecule has 98 valence electrons. The Morgan fingerprint density at radius 2 is 2.33 bits per heavy atom. The third kappa shape index (κ3) is 2.76. The minimum atomic E-state index is -0.730. The second-order valence-corrected chi connectivity index (χ2v) is 4.10. The first-order valence-electron chi connectivity index (χ1n) is 5.55. The molecule has 1 fully saturated rings. The van der Waals surface area contributed by atoms with Crippen LogP contribution in [0.25, 0.3) is 0 Å². The quantitative estimate of drug-likeness (QED) is 0.533. The van der Waals surface area contributed by atoms with Gasteiger partial charge in [-0.1, -0.05) is 6.07 Å². The summed E-state index contributed by atoms with van der Waals surface area (Å²) in [7, 11) is 0. The molecule has 3 atom stereocenters. The van der Waals surface area contributed by atoms with Gasteiger partial charge in [0.1, 0.15) is 12.3 Å². The number of benzene rings is 1. The molecule has 0 unspecified atom stereocenters. The number of nitrogens with one attached hydrogen (secondary N) is 1. The van der Waals surface area contributed by atoms with Crippen LogP contribution in [0.3, 0.4) is 0 Å². The fourth-order valence-corrected chi connectivity index (χ4v) is 1.88. The Balaban J connectivity index is 2.02. The lowest BCUT2D eigenvalue weighted by Crippen LogP contribution is -2.25. The van der Waals surface area contributed by atoms with Crippen molar-refractivity contribution < 1.29 is 19.9 Å². The van der Waals surface area contributed by atoms with Gasteiger partial charge in [-0.15, -0.1) is 0 Å². The molecule has 1 aliphatic rings. The van der Waals surface area contributed by atoms with E-state index in [1.54, 1.807) is 12.1 Å². The molecule has 1 saturated heterocycles. The lowest BCUT2D eigenvalue weighted by atomic mass is 10.2. The monoisotopic (exact) mass is 254 g/mol. The van der Waals surface area contributed by atoms with E-state index in [4.69, 9.17) is 9.84 Å². The Hall–Kier alpha value is -1.70. The first-order chi connectivity index (χ1) is 8.60. The number of nitro groups is 1. The molecule has 2 rings (SSSR count). The minimum Gasteiger partial charge on any atom is -0.394 e. The molecule has 0 radical (unpaired) electrons. The molecule has 1 aliphatic heterocycles. The van der Waals surface area contributed by atoms with Gasteiger partial charge < -0.3 is 20.3 Å². The Morgan fingerprint density at radius 3 is 2.94 bits per heavy atom. The van der Waals surface area contributed by atoms with E-state index in [0.717, 1.165) is 0 Å². The average molecular weight is 254 g/mol. The van der Waals surface area contributed by atoms with Crippen LogP contribution < -0.4 is 5.32 Å². The van der Waals surface area contributed by atoms with Gasteiger partial charge in [0.15, 0.2) is 0 Å². The van der Waals surface area contributed by atoms with Crippen molar-refractivity contribution in [3.05, 3.63) is 34.4 Å². The summed E-state index contributed by atoms with van der Waals surface area (Å²) in [6.45, 7) is -0.256. The number of hydrogen-bond acceptors (Lipinski definition) is 6. The molecule has 0 aliphatic carbocycles. The molecule has 1 aromatic carbocycles. The van der Waals surface area contributed by atoms with Gasteiger partial charge in [-0.05, 0) is 6.07 Å². The first kappa shape index (κ1) is 12.7. The Labute approximate surface area is 103 Å². The van der Waals surface area contributed by atoms with E-state index in [2.05, 4.69) is 5.32 Å². The summed E-state index contributed by atoms with van der Waals surface area (Å²) in [4.78, 5) is 10.1. The maximum absolute atomic E-state index is 10.6. The standard InChI is InChI=1S/C11H14N2O5/c14-6-10-9(15)5-11(18-10)12-7-2-1-3-8(4-7)13(16)17/h1-4,9-12,14-15H,5-6H2/t9-,10+,11-/m1/s1. The zero-order valence-corrected chi connectivity index (χ0v) is 9.52. The molecular weight excluding hydrogens is 240 g/mol. The highest BCUT2D eigenvalue weighted by atomic mass is 16.6. The van der Waals surface area contributed by atoms with E-state index in [9.17, 15) is 15.2 Å². The Kier molecular flexibility index (Phi) is 3.75. The van der Waals surface area contributed by atoms with Crippen molar-refractivity contribution in [1.29, 1.82) is 0 Å². The lowest BCUT2D eigenvalue weighted by molar-refractivity contribution is -0.384. The van der Waals surface area contributed by atoms with Gasteiger partial charge in [-0.2, -0.15) is 0 Å². The maximum atomic E-state index is 10.6. The van der Waals surface area contributed by atoms with Crippen molar-refractivity contribution in [2.45, 2.75) is 24.9 Å². The molecule has 1 heterocycles.